The molecule has 4 aromatic rings. The van der Waals surface area contributed by atoms with E-state index in [0.717, 1.165) is 32.2 Å². The molecule has 6 aliphatic heterocycles. The van der Waals surface area contributed by atoms with E-state index in [4.69, 9.17) is 26.3 Å². The molecule has 9 heterocycles. The molecule has 252 valence electrons. The van der Waals surface area contributed by atoms with Crippen LogP contribution in [0.15, 0.2) is 18.5 Å². The van der Waals surface area contributed by atoms with Gasteiger partial charge in [-0.1, -0.05) is 11.6 Å². The van der Waals surface area contributed by atoms with Gasteiger partial charge in [-0.15, -0.1) is 0 Å². The molecule has 14 heteroatoms. The van der Waals surface area contributed by atoms with Crippen LogP contribution in [-0.4, -0.2) is 109 Å². The largest absolute Gasteiger partial charge is 0.461 e. The Balaban J connectivity index is 1.22. The van der Waals surface area contributed by atoms with E-state index in [1.807, 2.05) is 4.90 Å². The molecule has 4 fully saturated rings. The average Bonchev–Trinajstić information content (AvgIpc) is 3.86. The summed E-state index contributed by atoms with van der Waals surface area (Å²) in [7, 11) is 0. The molecule has 1 aromatic carbocycles. The fourth-order valence-electron chi connectivity index (χ4n) is 9.16. The van der Waals surface area contributed by atoms with Crippen LogP contribution in [0.2, 0.25) is 5.02 Å². The number of fused-ring (bicyclic) bond motifs is 7. The summed E-state index contributed by atoms with van der Waals surface area (Å²) in [5.41, 5.74) is 1.48. The Morgan fingerprint density at radius 3 is 2.88 bits per heavy atom. The molecule has 11 nitrogen and oxygen atoms in total. The Kier molecular flexibility index (Phi) is 7.25. The fraction of sp³-hybridized carbons (Fsp3) is 0.559. The van der Waals surface area contributed by atoms with Gasteiger partial charge < -0.3 is 19.6 Å². The first-order valence-corrected chi connectivity index (χ1v) is 17.4. The molecule has 2 N–H and O–H groups in total. The number of carbonyl (C=O) groups excluding carboxylic acids is 1. The number of H-pyrrole nitrogens is 1. The predicted molar refractivity (Wildman–Crippen MR) is 175 cm³/mol. The van der Waals surface area contributed by atoms with Crippen molar-refractivity contribution in [2.24, 2.45) is 5.92 Å². The van der Waals surface area contributed by atoms with E-state index in [1.165, 1.54) is 0 Å². The van der Waals surface area contributed by atoms with Crippen molar-refractivity contribution >= 4 is 45.1 Å². The minimum Gasteiger partial charge on any atom is -0.461 e. The van der Waals surface area contributed by atoms with Gasteiger partial charge in [0.05, 0.1) is 28.7 Å². The first-order valence-electron chi connectivity index (χ1n) is 17.1. The number of amides is 1. The van der Waals surface area contributed by atoms with Crippen LogP contribution in [-0.2, 0) is 11.2 Å². The number of hydrogen-bond donors (Lipinski definition) is 2. The zero-order valence-electron chi connectivity index (χ0n) is 26.5. The first kappa shape index (κ1) is 30.4. The number of anilines is 1. The minimum absolute atomic E-state index is 0.0230. The Morgan fingerprint density at radius 1 is 1.10 bits per heavy atom. The van der Waals surface area contributed by atoms with Crippen LogP contribution in [0.1, 0.15) is 50.5 Å². The van der Waals surface area contributed by atoms with Gasteiger partial charge in [0.25, 0.3) is 5.91 Å². The molecule has 4 saturated heterocycles. The lowest BCUT2D eigenvalue weighted by Gasteiger charge is -2.40. The molecule has 6 bridgehead atoms. The van der Waals surface area contributed by atoms with E-state index in [1.54, 1.807) is 18.5 Å². The monoisotopic (exact) mass is 678 g/mol. The number of aliphatic hydroxyl groups excluding tert-OH is 1. The van der Waals surface area contributed by atoms with Gasteiger partial charge in [-0.3, -0.25) is 19.8 Å². The number of aromatic nitrogens is 5. The smallest absolute Gasteiger partial charge is 0.319 e. The average molecular weight is 679 g/mol. The zero-order valence-corrected chi connectivity index (χ0v) is 27.2. The van der Waals surface area contributed by atoms with Crippen LogP contribution < -0.4 is 9.64 Å². The van der Waals surface area contributed by atoms with Gasteiger partial charge in [0.15, 0.2) is 5.82 Å². The number of carbonyl (C=O) groups is 1. The molecule has 0 unspecified atom stereocenters. The van der Waals surface area contributed by atoms with Crippen molar-refractivity contribution in [2.45, 2.75) is 75.2 Å². The maximum absolute atomic E-state index is 17.1. The number of hydrogen-bond acceptors (Lipinski definition) is 9. The third kappa shape index (κ3) is 4.75. The molecule has 6 aliphatic rings. The maximum atomic E-state index is 17.1. The quantitative estimate of drug-likeness (QED) is 0.324. The highest BCUT2D eigenvalue weighted by molar-refractivity contribution is 6.33. The lowest BCUT2D eigenvalue weighted by Crippen LogP contribution is -2.52. The minimum atomic E-state index is -1.15. The van der Waals surface area contributed by atoms with Crippen molar-refractivity contribution in [1.29, 1.82) is 0 Å². The molecule has 48 heavy (non-hydrogen) atoms. The summed E-state index contributed by atoms with van der Waals surface area (Å²) in [6.07, 6.45) is 6.12. The topological polar surface area (TPSA) is 124 Å². The van der Waals surface area contributed by atoms with Gasteiger partial charge in [-0.05, 0) is 69.0 Å². The predicted octanol–water partition coefficient (Wildman–Crippen LogP) is 4.44. The summed E-state index contributed by atoms with van der Waals surface area (Å²) < 4.78 is 38.0. The van der Waals surface area contributed by atoms with Crippen molar-refractivity contribution in [3.05, 3.63) is 34.9 Å². The van der Waals surface area contributed by atoms with E-state index in [9.17, 15) is 14.3 Å². The highest BCUT2D eigenvalue weighted by Gasteiger charge is 2.49. The van der Waals surface area contributed by atoms with E-state index in [0.29, 0.717) is 89.6 Å². The molecule has 0 saturated carbocycles. The van der Waals surface area contributed by atoms with Gasteiger partial charge in [-0.2, -0.15) is 15.1 Å². The van der Waals surface area contributed by atoms with Gasteiger partial charge in [0.1, 0.15) is 35.9 Å². The maximum Gasteiger partial charge on any atom is 0.319 e. The summed E-state index contributed by atoms with van der Waals surface area (Å²) in [6.45, 7) is 3.13. The van der Waals surface area contributed by atoms with Gasteiger partial charge >= 0.3 is 6.01 Å². The summed E-state index contributed by atoms with van der Waals surface area (Å²) in [4.78, 5) is 33.9. The molecule has 0 radical (unpaired) electrons. The van der Waals surface area contributed by atoms with Crippen LogP contribution in [0.5, 0.6) is 6.01 Å². The standard InChI is InChI=1S/C34H37ClF2N8O3/c35-23-11-24-21(14-39-42-24)27-20(23)3-1-4-26(46)32(47)45-10-6-18-5-9-43(16-25(18)45)31-22-13-38-30(27)28(37)29(22)40-33(41-31)48-17-34-7-2-8-44(34)15-19(36)12-34/h11,13-14,18-19,25-26,46H,1-10,12,15-17H2,(H,39,42)/t18-,19+,25-,26+,34-/m0/s1. The number of ether oxygens (including phenoxy) is 1. The van der Waals surface area contributed by atoms with Gasteiger partial charge in [0.2, 0.25) is 0 Å². The van der Waals surface area contributed by atoms with Crippen molar-refractivity contribution in [1.82, 2.24) is 34.9 Å². The van der Waals surface area contributed by atoms with Crippen molar-refractivity contribution < 1.29 is 23.4 Å². The number of pyridine rings is 1. The highest BCUT2D eigenvalue weighted by atomic mass is 35.5. The normalized spacial score (nSPS) is 29.0. The number of halogens is 3. The van der Waals surface area contributed by atoms with E-state index < -0.39 is 23.6 Å². The first-order chi connectivity index (χ1) is 23.3. The number of aromatic amines is 1. The number of benzene rings is 1. The third-order valence-electron chi connectivity index (χ3n) is 11.5. The second kappa shape index (κ2) is 11.4. The lowest BCUT2D eigenvalue weighted by atomic mass is 9.91. The Labute approximate surface area is 280 Å². The van der Waals surface area contributed by atoms with Crippen molar-refractivity contribution in [3.63, 3.8) is 0 Å². The molecule has 5 atom stereocenters. The van der Waals surface area contributed by atoms with Crippen LogP contribution in [0, 0.1) is 11.7 Å². The summed E-state index contributed by atoms with van der Waals surface area (Å²) in [6, 6.07) is 1.66. The van der Waals surface area contributed by atoms with E-state index in [-0.39, 0.29) is 42.2 Å². The highest BCUT2D eigenvalue weighted by Crippen LogP contribution is 2.43. The van der Waals surface area contributed by atoms with Crippen LogP contribution in [0.3, 0.4) is 0 Å². The summed E-state index contributed by atoms with van der Waals surface area (Å²) >= 11 is 6.83. The molecule has 1 amide bonds. The molecule has 0 spiro atoms. The second-order valence-electron chi connectivity index (χ2n) is 14.2. The molecular weight excluding hydrogens is 642 g/mol. The molecule has 3 aromatic heterocycles. The molecular formula is C34H37ClF2N8O3. The van der Waals surface area contributed by atoms with Crippen LogP contribution in [0.4, 0.5) is 14.6 Å². The zero-order chi connectivity index (χ0) is 32.7. The number of rotatable bonds is 3. The van der Waals surface area contributed by atoms with Crippen molar-refractivity contribution in [3.8, 4) is 17.3 Å². The Hall–Kier alpha value is -3.68. The third-order valence-corrected chi connectivity index (χ3v) is 11.9. The molecule has 0 aliphatic carbocycles. The number of nitrogens with one attached hydrogen (secondary N) is 1. The number of aliphatic hydroxyl groups is 1. The van der Waals surface area contributed by atoms with Crippen molar-refractivity contribution in [2.75, 3.05) is 44.2 Å². The van der Waals surface area contributed by atoms with E-state index in [2.05, 4.69) is 25.0 Å². The van der Waals surface area contributed by atoms with Crippen LogP contribution >= 0.6 is 11.6 Å². The van der Waals surface area contributed by atoms with E-state index >= 15 is 4.39 Å². The van der Waals surface area contributed by atoms with Gasteiger partial charge in [0, 0.05) is 54.8 Å². The fourth-order valence-corrected chi connectivity index (χ4v) is 9.46. The SMILES string of the molecule is O=C1[C@H](O)CCCc2c(Cl)cc3[nH]ncc3c2-c2ncc3c(nc(OC[C@@]45CCCN4C[C@H](F)C5)nc3c2F)N2CC[C@H]3CCN1[C@H]3C2. The summed E-state index contributed by atoms with van der Waals surface area (Å²) in [5, 5.41) is 19.7. The Morgan fingerprint density at radius 2 is 1.98 bits per heavy atom. The summed E-state index contributed by atoms with van der Waals surface area (Å²) in [5.74, 6) is -0.108. The van der Waals surface area contributed by atoms with Crippen LogP contribution in [0.25, 0.3) is 33.1 Å². The number of piperidine rings is 1. The number of alkyl halides is 1. The lowest BCUT2D eigenvalue weighted by molar-refractivity contribution is -0.141. The Bertz CT molecular complexity index is 1940. The number of nitrogens with zero attached hydrogens (tertiary/aromatic N) is 7. The molecule has 10 rings (SSSR count). The second-order valence-corrected chi connectivity index (χ2v) is 14.6. The van der Waals surface area contributed by atoms with Gasteiger partial charge in [-0.25, -0.2) is 8.78 Å².